The van der Waals surface area contributed by atoms with E-state index in [1.807, 2.05) is 6.07 Å². The second-order valence-electron chi connectivity index (χ2n) is 5.49. The van der Waals surface area contributed by atoms with E-state index in [1.165, 1.54) is 6.07 Å². The number of nitrogens with zero attached hydrogens (tertiary/aromatic N) is 1. The molecule has 0 bridgehead atoms. The Morgan fingerprint density at radius 1 is 1.35 bits per heavy atom. The summed E-state index contributed by atoms with van der Waals surface area (Å²) in [5.41, 5.74) is 6.89. The molecule has 0 aliphatic heterocycles. The predicted molar refractivity (Wildman–Crippen MR) is 70.2 cm³/mol. The van der Waals surface area contributed by atoms with Crippen molar-refractivity contribution < 1.29 is 4.39 Å². The zero-order valence-electron chi connectivity index (χ0n) is 11.0. The maximum Gasteiger partial charge on any atom is 0.123 e. The van der Waals surface area contributed by atoms with Crippen LogP contribution in [0.15, 0.2) is 24.3 Å². The maximum absolute atomic E-state index is 13.0. The summed E-state index contributed by atoms with van der Waals surface area (Å²) in [6, 6.07) is 6.77. The van der Waals surface area contributed by atoms with Gasteiger partial charge in [0.1, 0.15) is 5.82 Å². The van der Waals surface area contributed by atoms with Gasteiger partial charge >= 0.3 is 0 Å². The fourth-order valence-corrected chi connectivity index (χ4v) is 1.62. The molecule has 3 heteroatoms. The van der Waals surface area contributed by atoms with E-state index in [0.29, 0.717) is 6.54 Å². The van der Waals surface area contributed by atoms with Gasteiger partial charge in [0.05, 0.1) is 0 Å². The van der Waals surface area contributed by atoms with Crippen LogP contribution in [0.5, 0.6) is 0 Å². The summed E-state index contributed by atoms with van der Waals surface area (Å²) in [6.07, 6.45) is 1.05. The van der Waals surface area contributed by atoms with E-state index in [-0.39, 0.29) is 11.2 Å². The first-order valence-electron chi connectivity index (χ1n) is 6.06. The van der Waals surface area contributed by atoms with Crippen LogP contribution in [0.4, 0.5) is 4.39 Å². The Balaban J connectivity index is 2.42. The summed E-state index contributed by atoms with van der Waals surface area (Å²) >= 11 is 0. The quantitative estimate of drug-likeness (QED) is 0.825. The number of halogens is 1. The summed E-state index contributed by atoms with van der Waals surface area (Å²) in [5, 5.41) is 0. The van der Waals surface area contributed by atoms with E-state index >= 15 is 0 Å². The standard InChI is InChI=1S/C14H23FN2/c1-14(2,11-16)7-8-17(3)10-12-5-4-6-13(15)9-12/h4-6,9H,7-8,10-11,16H2,1-3H3. The lowest BCUT2D eigenvalue weighted by Gasteiger charge is -2.26. The highest BCUT2D eigenvalue weighted by molar-refractivity contribution is 5.15. The minimum Gasteiger partial charge on any atom is -0.330 e. The van der Waals surface area contributed by atoms with Gasteiger partial charge in [0.2, 0.25) is 0 Å². The Morgan fingerprint density at radius 2 is 2.06 bits per heavy atom. The monoisotopic (exact) mass is 238 g/mol. The lowest BCUT2D eigenvalue weighted by Crippen LogP contribution is -2.29. The minimum atomic E-state index is -0.168. The van der Waals surface area contributed by atoms with Crippen molar-refractivity contribution in [2.24, 2.45) is 11.1 Å². The van der Waals surface area contributed by atoms with Crippen molar-refractivity contribution in [3.63, 3.8) is 0 Å². The van der Waals surface area contributed by atoms with Crippen LogP contribution in [0, 0.1) is 11.2 Å². The van der Waals surface area contributed by atoms with E-state index in [4.69, 9.17) is 5.73 Å². The van der Waals surface area contributed by atoms with Gasteiger partial charge in [-0.3, -0.25) is 0 Å². The Morgan fingerprint density at radius 3 is 2.65 bits per heavy atom. The third-order valence-corrected chi connectivity index (χ3v) is 3.06. The fraction of sp³-hybridized carbons (Fsp3) is 0.571. The smallest absolute Gasteiger partial charge is 0.123 e. The van der Waals surface area contributed by atoms with Crippen LogP contribution in [0.2, 0.25) is 0 Å². The average molecular weight is 238 g/mol. The van der Waals surface area contributed by atoms with Crippen LogP contribution in [0.25, 0.3) is 0 Å². The van der Waals surface area contributed by atoms with Gasteiger partial charge in [-0.05, 0) is 49.7 Å². The van der Waals surface area contributed by atoms with Gasteiger partial charge in [-0.2, -0.15) is 0 Å². The largest absolute Gasteiger partial charge is 0.330 e. The molecule has 0 unspecified atom stereocenters. The molecule has 0 fully saturated rings. The Hall–Kier alpha value is -0.930. The molecule has 0 radical (unpaired) electrons. The van der Waals surface area contributed by atoms with Crippen LogP contribution < -0.4 is 5.73 Å². The van der Waals surface area contributed by atoms with Gasteiger partial charge in [-0.1, -0.05) is 26.0 Å². The molecule has 2 nitrogen and oxygen atoms in total. The number of hydrogen-bond donors (Lipinski definition) is 1. The summed E-state index contributed by atoms with van der Waals surface area (Å²) in [6.45, 7) is 6.78. The molecule has 0 atom stereocenters. The topological polar surface area (TPSA) is 29.3 Å². The number of nitrogens with two attached hydrogens (primary N) is 1. The first-order valence-corrected chi connectivity index (χ1v) is 6.06. The summed E-state index contributed by atoms with van der Waals surface area (Å²) < 4.78 is 13.0. The molecule has 0 aromatic heterocycles. The lowest BCUT2D eigenvalue weighted by molar-refractivity contribution is 0.248. The second-order valence-corrected chi connectivity index (χ2v) is 5.49. The van der Waals surface area contributed by atoms with Gasteiger partial charge in [-0.15, -0.1) is 0 Å². The van der Waals surface area contributed by atoms with Crippen LogP contribution in [-0.2, 0) is 6.54 Å². The van der Waals surface area contributed by atoms with Gasteiger partial charge in [0.15, 0.2) is 0 Å². The third-order valence-electron chi connectivity index (χ3n) is 3.06. The summed E-state index contributed by atoms with van der Waals surface area (Å²) in [7, 11) is 2.05. The number of hydrogen-bond acceptors (Lipinski definition) is 2. The molecule has 0 aliphatic rings. The Kier molecular flexibility index (Phi) is 5.09. The zero-order chi connectivity index (χ0) is 12.9. The van der Waals surface area contributed by atoms with Gasteiger partial charge in [0, 0.05) is 6.54 Å². The molecule has 1 aromatic carbocycles. The molecule has 1 rings (SSSR count). The first kappa shape index (κ1) is 14.1. The summed E-state index contributed by atoms with van der Waals surface area (Å²) in [4.78, 5) is 2.20. The van der Waals surface area contributed by atoms with E-state index in [9.17, 15) is 4.39 Å². The molecule has 2 N–H and O–H groups in total. The molecule has 0 saturated heterocycles. The SMILES string of the molecule is CN(CCC(C)(C)CN)Cc1cccc(F)c1. The molecule has 0 heterocycles. The van der Waals surface area contributed by atoms with Crippen molar-refractivity contribution in [3.8, 4) is 0 Å². The third kappa shape index (κ3) is 5.29. The first-order chi connectivity index (χ1) is 7.93. The maximum atomic E-state index is 13.0. The lowest BCUT2D eigenvalue weighted by atomic mass is 9.89. The Bertz CT molecular complexity index is 350. The van der Waals surface area contributed by atoms with E-state index < -0.39 is 0 Å². The highest BCUT2D eigenvalue weighted by atomic mass is 19.1. The predicted octanol–water partition coefficient (Wildman–Crippen LogP) is 2.63. The highest BCUT2D eigenvalue weighted by Gasteiger charge is 2.16. The second kappa shape index (κ2) is 6.12. The van der Waals surface area contributed by atoms with Crippen molar-refractivity contribution in [1.29, 1.82) is 0 Å². The Labute approximate surface area is 104 Å². The average Bonchev–Trinajstić information content (AvgIpc) is 2.27. The molecule has 0 amide bonds. The van der Waals surface area contributed by atoms with Crippen molar-refractivity contribution in [1.82, 2.24) is 4.90 Å². The van der Waals surface area contributed by atoms with Crippen LogP contribution in [0.3, 0.4) is 0 Å². The highest BCUT2D eigenvalue weighted by Crippen LogP contribution is 2.18. The molecule has 96 valence electrons. The van der Waals surface area contributed by atoms with Gasteiger partial charge in [-0.25, -0.2) is 4.39 Å². The molecule has 0 spiro atoms. The minimum absolute atomic E-state index is 0.168. The van der Waals surface area contributed by atoms with Crippen molar-refractivity contribution >= 4 is 0 Å². The molecular weight excluding hydrogens is 215 g/mol. The van der Waals surface area contributed by atoms with Crippen molar-refractivity contribution in [2.75, 3.05) is 20.1 Å². The molecular formula is C14H23FN2. The normalized spacial score (nSPS) is 12.1. The van der Waals surface area contributed by atoms with Crippen LogP contribution in [-0.4, -0.2) is 25.0 Å². The number of rotatable bonds is 6. The van der Waals surface area contributed by atoms with Crippen molar-refractivity contribution in [2.45, 2.75) is 26.8 Å². The summed E-state index contributed by atoms with van der Waals surface area (Å²) in [5.74, 6) is -0.168. The van der Waals surface area contributed by atoms with Crippen LogP contribution in [0.1, 0.15) is 25.8 Å². The van der Waals surface area contributed by atoms with E-state index in [1.54, 1.807) is 12.1 Å². The van der Waals surface area contributed by atoms with E-state index in [2.05, 4.69) is 25.8 Å². The van der Waals surface area contributed by atoms with Gasteiger partial charge in [0.25, 0.3) is 0 Å². The molecule has 0 aliphatic carbocycles. The van der Waals surface area contributed by atoms with E-state index in [0.717, 1.165) is 25.1 Å². The zero-order valence-corrected chi connectivity index (χ0v) is 11.0. The molecule has 1 aromatic rings. The van der Waals surface area contributed by atoms with Gasteiger partial charge < -0.3 is 10.6 Å². The fourth-order valence-electron chi connectivity index (χ4n) is 1.62. The number of benzene rings is 1. The molecule has 0 saturated carbocycles. The van der Waals surface area contributed by atoms with Crippen molar-refractivity contribution in [3.05, 3.63) is 35.6 Å². The molecule has 17 heavy (non-hydrogen) atoms. The van der Waals surface area contributed by atoms with Crippen LogP contribution >= 0.6 is 0 Å².